The highest BCUT2D eigenvalue weighted by Crippen LogP contribution is 2.40. The van der Waals surface area contributed by atoms with Crippen molar-refractivity contribution in [2.45, 2.75) is 39.5 Å². The summed E-state index contributed by atoms with van der Waals surface area (Å²) < 4.78 is 0. The summed E-state index contributed by atoms with van der Waals surface area (Å²) in [5.74, 6) is 0. The molecule has 2 aliphatic heterocycles. The fourth-order valence-corrected chi connectivity index (χ4v) is 3.84. The molecule has 0 bridgehead atoms. The smallest absolute Gasteiger partial charge is 0.0396 e. The fourth-order valence-electron chi connectivity index (χ4n) is 3.84. The van der Waals surface area contributed by atoms with Crippen molar-refractivity contribution in [2.24, 2.45) is 5.41 Å². The standard InChI is InChI=1S/C17H26N2/c1-14-3-4-16(15(2)13-14)19-11-7-17(8-12-19)5-9-18-10-6-17/h3-4,13,18H,5-12H2,1-2H3. The zero-order chi connectivity index (χ0) is 13.3. The maximum atomic E-state index is 3.50. The van der Waals surface area contributed by atoms with Crippen LogP contribution in [0, 0.1) is 19.3 Å². The molecule has 2 heterocycles. The summed E-state index contributed by atoms with van der Waals surface area (Å²) >= 11 is 0. The molecule has 0 amide bonds. The van der Waals surface area contributed by atoms with Crippen LogP contribution in [0.15, 0.2) is 18.2 Å². The summed E-state index contributed by atoms with van der Waals surface area (Å²) in [5, 5.41) is 3.50. The van der Waals surface area contributed by atoms with Gasteiger partial charge in [0.2, 0.25) is 0 Å². The van der Waals surface area contributed by atoms with Crippen molar-refractivity contribution in [3.8, 4) is 0 Å². The number of nitrogens with zero attached hydrogens (tertiary/aromatic N) is 1. The lowest BCUT2D eigenvalue weighted by atomic mass is 9.71. The van der Waals surface area contributed by atoms with Gasteiger partial charge in [0.1, 0.15) is 0 Å². The van der Waals surface area contributed by atoms with Gasteiger partial charge in [0.05, 0.1) is 0 Å². The quantitative estimate of drug-likeness (QED) is 0.831. The van der Waals surface area contributed by atoms with Crippen LogP contribution in [0.1, 0.15) is 36.8 Å². The third-order valence-electron chi connectivity index (χ3n) is 5.18. The Bertz CT molecular complexity index is 437. The van der Waals surface area contributed by atoms with Crippen LogP contribution < -0.4 is 10.2 Å². The number of anilines is 1. The minimum absolute atomic E-state index is 0.653. The molecule has 1 N–H and O–H groups in total. The predicted molar refractivity (Wildman–Crippen MR) is 81.9 cm³/mol. The lowest BCUT2D eigenvalue weighted by molar-refractivity contribution is 0.155. The first kappa shape index (κ1) is 13.0. The Morgan fingerprint density at radius 2 is 1.68 bits per heavy atom. The highest BCUT2D eigenvalue weighted by atomic mass is 15.1. The summed E-state index contributed by atoms with van der Waals surface area (Å²) in [6.45, 7) is 9.36. The first-order chi connectivity index (χ1) is 9.19. The average Bonchev–Trinajstić information content (AvgIpc) is 2.41. The van der Waals surface area contributed by atoms with Crippen LogP contribution in [0.2, 0.25) is 0 Å². The van der Waals surface area contributed by atoms with Crippen LogP contribution in [-0.2, 0) is 0 Å². The van der Waals surface area contributed by atoms with E-state index < -0.39 is 0 Å². The average molecular weight is 258 g/mol. The van der Waals surface area contributed by atoms with Gasteiger partial charge in [-0.3, -0.25) is 0 Å². The van der Waals surface area contributed by atoms with E-state index in [0.717, 1.165) is 0 Å². The van der Waals surface area contributed by atoms with Gasteiger partial charge in [-0.15, -0.1) is 0 Å². The van der Waals surface area contributed by atoms with E-state index in [9.17, 15) is 0 Å². The Morgan fingerprint density at radius 3 is 2.32 bits per heavy atom. The van der Waals surface area contributed by atoms with Gasteiger partial charge in [0.25, 0.3) is 0 Å². The molecule has 2 nitrogen and oxygen atoms in total. The second kappa shape index (κ2) is 5.16. The Balaban J connectivity index is 1.69. The van der Waals surface area contributed by atoms with Crippen molar-refractivity contribution in [3.05, 3.63) is 29.3 Å². The first-order valence-electron chi connectivity index (χ1n) is 7.72. The molecule has 104 valence electrons. The molecule has 0 aromatic heterocycles. The van der Waals surface area contributed by atoms with Crippen LogP contribution in [-0.4, -0.2) is 26.2 Å². The normalized spacial score (nSPS) is 22.7. The van der Waals surface area contributed by atoms with Gasteiger partial charge in [-0.25, -0.2) is 0 Å². The van der Waals surface area contributed by atoms with Gasteiger partial charge < -0.3 is 10.2 Å². The molecule has 0 saturated carbocycles. The second-order valence-electron chi connectivity index (χ2n) is 6.53. The number of rotatable bonds is 1. The highest BCUT2D eigenvalue weighted by molar-refractivity contribution is 5.54. The molecule has 1 aromatic rings. The summed E-state index contributed by atoms with van der Waals surface area (Å²) in [4.78, 5) is 2.60. The molecular weight excluding hydrogens is 232 g/mol. The molecule has 19 heavy (non-hydrogen) atoms. The van der Waals surface area contributed by atoms with Crippen molar-refractivity contribution in [1.82, 2.24) is 5.32 Å². The Morgan fingerprint density at radius 1 is 1.00 bits per heavy atom. The maximum Gasteiger partial charge on any atom is 0.0396 e. The first-order valence-corrected chi connectivity index (χ1v) is 7.72. The van der Waals surface area contributed by atoms with E-state index in [-0.39, 0.29) is 0 Å². The van der Waals surface area contributed by atoms with Crippen molar-refractivity contribution < 1.29 is 0 Å². The third kappa shape index (κ3) is 2.64. The number of hydrogen-bond acceptors (Lipinski definition) is 2. The van der Waals surface area contributed by atoms with Gasteiger partial charge in [-0.1, -0.05) is 17.7 Å². The molecule has 0 radical (unpaired) electrons. The summed E-state index contributed by atoms with van der Waals surface area (Å²) in [7, 11) is 0. The number of piperidine rings is 2. The summed E-state index contributed by atoms with van der Waals surface area (Å²) in [5.41, 5.74) is 4.91. The Labute approximate surface area is 117 Å². The molecule has 1 aromatic carbocycles. The van der Waals surface area contributed by atoms with Gasteiger partial charge in [0.15, 0.2) is 0 Å². The minimum Gasteiger partial charge on any atom is -0.371 e. The number of benzene rings is 1. The fraction of sp³-hybridized carbons (Fsp3) is 0.647. The van der Waals surface area contributed by atoms with Crippen LogP contribution >= 0.6 is 0 Å². The van der Waals surface area contributed by atoms with E-state index in [4.69, 9.17) is 0 Å². The third-order valence-corrected chi connectivity index (χ3v) is 5.18. The van der Waals surface area contributed by atoms with Crippen molar-refractivity contribution in [1.29, 1.82) is 0 Å². The van der Waals surface area contributed by atoms with Crippen LogP contribution in [0.4, 0.5) is 5.69 Å². The van der Waals surface area contributed by atoms with Gasteiger partial charge in [-0.2, -0.15) is 0 Å². The molecule has 2 aliphatic rings. The van der Waals surface area contributed by atoms with E-state index in [2.05, 4.69) is 42.3 Å². The van der Waals surface area contributed by atoms with E-state index in [0.29, 0.717) is 5.41 Å². The van der Waals surface area contributed by atoms with Crippen molar-refractivity contribution in [2.75, 3.05) is 31.1 Å². The maximum absolute atomic E-state index is 3.50. The summed E-state index contributed by atoms with van der Waals surface area (Å²) in [6, 6.07) is 6.87. The zero-order valence-electron chi connectivity index (χ0n) is 12.3. The number of nitrogens with one attached hydrogen (secondary N) is 1. The zero-order valence-corrected chi connectivity index (χ0v) is 12.3. The highest BCUT2D eigenvalue weighted by Gasteiger charge is 2.35. The Hall–Kier alpha value is -1.02. The molecule has 0 unspecified atom stereocenters. The predicted octanol–water partition coefficient (Wildman–Crippen LogP) is 3.27. The molecule has 2 saturated heterocycles. The lowest BCUT2D eigenvalue weighted by Gasteiger charge is -2.45. The van der Waals surface area contributed by atoms with Crippen LogP contribution in [0.3, 0.4) is 0 Å². The molecule has 3 rings (SSSR count). The van der Waals surface area contributed by atoms with Gasteiger partial charge in [0, 0.05) is 18.8 Å². The topological polar surface area (TPSA) is 15.3 Å². The SMILES string of the molecule is Cc1ccc(N2CCC3(CCNCC3)CC2)c(C)c1. The van der Waals surface area contributed by atoms with E-state index in [1.165, 1.54) is 68.7 Å². The Kier molecular flexibility index (Phi) is 3.53. The van der Waals surface area contributed by atoms with E-state index in [1.807, 2.05) is 0 Å². The molecule has 2 fully saturated rings. The van der Waals surface area contributed by atoms with Gasteiger partial charge >= 0.3 is 0 Å². The van der Waals surface area contributed by atoms with E-state index >= 15 is 0 Å². The van der Waals surface area contributed by atoms with Crippen molar-refractivity contribution in [3.63, 3.8) is 0 Å². The number of aryl methyl sites for hydroxylation is 2. The number of hydrogen-bond donors (Lipinski definition) is 1. The largest absolute Gasteiger partial charge is 0.371 e. The molecule has 0 aliphatic carbocycles. The van der Waals surface area contributed by atoms with E-state index in [1.54, 1.807) is 0 Å². The van der Waals surface area contributed by atoms with Gasteiger partial charge in [-0.05, 0) is 69.7 Å². The monoisotopic (exact) mass is 258 g/mol. The minimum atomic E-state index is 0.653. The molecule has 2 heteroatoms. The molecule has 1 spiro atoms. The summed E-state index contributed by atoms with van der Waals surface area (Å²) in [6.07, 6.45) is 5.52. The second-order valence-corrected chi connectivity index (χ2v) is 6.53. The van der Waals surface area contributed by atoms with Crippen molar-refractivity contribution >= 4 is 5.69 Å². The molecular formula is C17H26N2. The molecule has 0 atom stereocenters. The lowest BCUT2D eigenvalue weighted by Crippen LogP contribution is -2.45. The van der Waals surface area contributed by atoms with Crippen LogP contribution in [0.5, 0.6) is 0 Å². The van der Waals surface area contributed by atoms with Crippen LogP contribution in [0.25, 0.3) is 0 Å².